The van der Waals surface area contributed by atoms with Crippen molar-refractivity contribution in [3.8, 4) is 0 Å². The van der Waals surface area contributed by atoms with Crippen LogP contribution in [0.5, 0.6) is 0 Å². The molecule has 3 N–H and O–H groups in total. The lowest BCUT2D eigenvalue weighted by Crippen LogP contribution is -2.56. The summed E-state index contributed by atoms with van der Waals surface area (Å²) in [7, 11) is 0. The first-order chi connectivity index (χ1) is 8.55. The van der Waals surface area contributed by atoms with Gasteiger partial charge in [-0.05, 0) is 51.0 Å². The molecule has 0 amide bonds. The highest BCUT2D eigenvalue weighted by molar-refractivity contribution is 5.78. The van der Waals surface area contributed by atoms with E-state index in [1.165, 1.54) is 19.3 Å². The molecule has 4 nitrogen and oxygen atoms in total. The van der Waals surface area contributed by atoms with Gasteiger partial charge >= 0.3 is 5.97 Å². The zero-order chi connectivity index (χ0) is 13.2. The van der Waals surface area contributed by atoms with Crippen molar-refractivity contribution >= 4 is 5.97 Å². The molecule has 4 heteroatoms. The van der Waals surface area contributed by atoms with Gasteiger partial charge in [-0.25, -0.2) is 0 Å². The van der Waals surface area contributed by atoms with E-state index in [2.05, 4.69) is 11.8 Å². The van der Waals surface area contributed by atoms with Crippen molar-refractivity contribution in [3.05, 3.63) is 0 Å². The van der Waals surface area contributed by atoms with Crippen LogP contribution in [-0.2, 0) is 4.79 Å². The Bertz CT molecular complexity index is 304. The van der Waals surface area contributed by atoms with Crippen LogP contribution in [0.4, 0.5) is 0 Å². The van der Waals surface area contributed by atoms with Gasteiger partial charge < -0.3 is 15.7 Å². The van der Waals surface area contributed by atoms with E-state index >= 15 is 0 Å². The van der Waals surface area contributed by atoms with Crippen LogP contribution in [0.15, 0.2) is 0 Å². The van der Waals surface area contributed by atoms with E-state index in [-0.39, 0.29) is 0 Å². The molecular formula is C14H26N2O2. The molecule has 0 saturated heterocycles. The Morgan fingerprint density at radius 1 is 1.39 bits per heavy atom. The van der Waals surface area contributed by atoms with Gasteiger partial charge in [-0.1, -0.05) is 13.3 Å². The molecule has 2 rings (SSSR count). The predicted molar refractivity (Wildman–Crippen MR) is 71.4 cm³/mol. The number of rotatable bonds is 5. The van der Waals surface area contributed by atoms with Gasteiger partial charge in [0.25, 0.3) is 0 Å². The second kappa shape index (κ2) is 5.57. The zero-order valence-corrected chi connectivity index (χ0v) is 11.4. The van der Waals surface area contributed by atoms with E-state index in [0.29, 0.717) is 18.9 Å². The summed E-state index contributed by atoms with van der Waals surface area (Å²) >= 11 is 0. The van der Waals surface area contributed by atoms with Gasteiger partial charge in [-0.15, -0.1) is 0 Å². The van der Waals surface area contributed by atoms with Crippen molar-refractivity contribution in [1.29, 1.82) is 0 Å². The van der Waals surface area contributed by atoms with E-state index < -0.39 is 11.5 Å². The van der Waals surface area contributed by atoms with Crippen LogP contribution in [0, 0.1) is 5.92 Å². The number of hydrogen-bond donors (Lipinski definition) is 2. The normalized spacial score (nSPS) is 33.4. The average Bonchev–Trinajstić information content (AvgIpc) is 2.27. The van der Waals surface area contributed by atoms with Gasteiger partial charge in [0.05, 0.1) is 0 Å². The van der Waals surface area contributed by atoms with Crippen molar-refractivity contribution < 1.29 is 9.90 Å². The first kappa shape index (κ1) is 13.8. The van der Waals surface area contributed by atoms with Gasteiger partial charge in [-0.2, -0.15) is 0 Å². The largest absolute Gasteiger partial charge is 0.480 e. The molecule has 0 bridgehead atoms. The molecule has 0 aromatic heterocycles. The zero-order valence-electron chi connectivity index (χ0n) is 11.4. The molecule has 2 fully saturated rings. The van der Waals surface area contributed by atoms with Crippen LogP contribution in [0.2, 0.25) is 0 Å². The summed E-state index contributed by atoms with van der Waals surface area (Å²) < 4.78 is 0. The van der Waals surface area contributed by atoms with Gasteiger partial charge in [0.1, 0.15) is 5.54 Å². The van der Waals surface area contributed by atoms with Crippen molar-refractivity contribution in [2.45, 2.75) is 63.5 Å². The van der Waals surface area contributed by atoms with Crippen LogP contribution in [0.25, 0.3) is 0 Å². The number of nitrogens with two attached hydrogens (primary N) is 1. The van der Waals surface area contributed by atoms with Crippen molar-refractivity contribution in [1.82, 2.24) is 4.90 Å². The Hall–Kier alpha value is -0.610. The third kappa shape index (κ3) is 2.86. The summed E-state index contributed by atoms with van der Waals surface area (Å²) in [6, 6.07) is 0.366. The summed E-state index contributed by atoms with van der Waals surface area (Å²) in [5.41, 5.74) is 5.05. The molecule has 2 unspecified atom stereocenters. The lowest BCUT2D eigenvalue weighted by molar-refractivity contribution is -0.145. The maximum absolute atomic E-state index is 11.3. The van der Waals surface area contributed by atoms with Crippen LogP contribution in [0.1, 0.15) is 51.9 Å². The first-order valence-electron chi connectivity index (χ1n) is 7.31. The van der Waals surface area contributed by atoms with Crippen LogP contribution in [-0.4, -0.2) is 40.6 Å². The number of carboxylic acid groups (broad SMARTS) is 1. The van der Waals surface area contributed by atoms with Crippen molar-refractivity contribution in [3.63, 3.8) is 0 Å². The smallest absolute Gasteiger partial charge is 0.323 e. The SMILES string of the molecule is CCN(CC1CCC1)C1CCCC(N)(C(=O)O)C1. The number of nitrogens with zero attached hydrogens (tertiary/aromatic N) is 1. The first-order valence-corrected chi connectivity index (χ1v) is 7.31. The number of carbonyl (C=O) groups is 1. The monoisotopic (exact) mass is 254 g/mol. The fraction of sp³-hybridized carbons (Fsp3) is 0.929. The Morgan fingerprint density at radius 3 is 2.61 bits per heavy atom. The van der Waals surface area contributed by atoms with Gasteiger partial charge in [0.15, 0.2) is 0 Å². The predicted octanol–water partition coefficient (Wildman–Crippen LogP) is 1.83. The molecule has 2 atom stereocenters. The highest BCUT2D eigenvalue weighted by Crippen LogP contribution is 2.33. The molecular weight excluding hydrogens is 228 g/mol. The summed E-state index contributed by atoms with van der Waals surface area (Å²) in [5, 5.41) is 9.27. The summed E-state index contributed by atoms with van der Waals surface area (Å²) in [5.74, 6) is 0.00998. The Kier molecular flexibility index (Phi) is 4.28. The molecule has 104 valence electrons. The number of aliphatic carboxylic acids is 1. The minimum absolute atomic E-state index is 0.366. The maximum atomic E-state index is 11.3. The lowest BCUT2D eigenvalue weighted by atomic mass is 9.78. The van der Waals surface area contributed by atoms with E-state index in [1.807, 2.05) is 0 Å². The van der Waals surface area contributed by atoms with E-state index in [9.17, 15) is 9.90 Å². The highest BCUT2D eigenvalue weighted by atomic mass is 16.4. The van der Waals surface area contributed by atoms with Gasteiger partial charge in [0.2, 0.25) is 0 Å². The van der Waals surface area contributed by atoms with Crippen molar-refractivity contribution in [2.24, 2.45) is 11.7 Å². The molecule has 18 heavy (non-hydrogen) atoms. The fourth-order valence-corrected chi connectivity index (χ4v) is 3.33. The van der Waals surface area contributed by atoms with Crippen LogP contribution < -0.4 is 5.73 Å². The van der Waals surface area contributed by atoms with E-state index in [0.717, 1.165) is 31.8 Å². The van der Waals surface area contributed by atoms with E-state index in [4.69, 9.17) is 5.73 Å². The number of hydrogen-bond acceptors (Lipinski definition) is 3. The maximum Gasteiger partial charge on any atom is 0.323 e. The minimum Gasteiger partial charge on any atom is -0.480 e. The molecule has 0 radical (unpaired) electrons. The Morgan fingerprint density at radius 2 is 2.11 bits per heavy atom. The molecule has 0 heterocycles. The summed E-state index contributed by atoms with van der Waals surface area (Å²) in [6.07, 6.45) is 7.33. The molecule has 0 aromatic rings. The third-order valence-electron chi connectivity index (χ3n) is 4.83. The number of carboxylic acids is 1. The topological polar surface area (TPSA) is 66.6 Å². The highest BCUT2D eigenvalue weighted by Gasteiger charge is 2.41. The van der Waals surface area contributed by atoms with E-state index in [1.54, 1.807) is 0 Å². The fourth-order valence-electron chi connectivity index (χ4n) is 3.33. The molecule has 0 aliphatic heterocycles. The summed E-state index contributed by atoms with van der Waals surface area (Å²) in [6.45, 7) is 4.32. The molecule has 0 spiro atoms. The van der Waals surface area contributed by atoms with Crippen LogP contribution >= 0.6 is 0 Å². The standard InChI is InChI=1S/C14H26N2O2/c1-2-16(10-11-5-3-6-11)12-7-4-8-14(15,9-12)13(17)18/h11-12H,2-10,15H2,1H3,(H,17,18). The Balaban J connectivity index is 1.95. The van der Waals surface area contributed by atoms with Crippen LogP contribution in [0.3, 0.4) is 0 Å². The lowest BCUT2D eigenvalue weighted by Gasteiger charge is -2.42. The Labute approximate surface area is 110 Å². The van der Waals surface area contributed by atoms with Gasteiger partial charge in [0, 0.05) is 12.6 Å². The molecule has 0 aromatic carbocycles. The second-order valence-electron chi connectivity index (χ2n) is 6.10. The molecule has 2 aliphatic carbocycles. The third-order valence-corrected chi connectivity index (χ3v) is 4.83. The second-order valence-corrected chi connectivity index (χ2v) is 6.10. The minimum atomic E-state index is -0.990. The molecule has 2 aliphatic rings. The summed E-state index contributed by atoms with van der Waals surface area (Å²) in [4.78, 5) is 13.7. The van der Waals surface area contributed by atoms with Gasteiger partial charge in [-0.3, -0.25) is 4.79 Å². The quantitative estimate of drug-likeness (QED) is 0.785. The average molecular weight is 254 g/mol. The molecule has 2 saturated carbocycles. The van der Waals surface area contributed by atoms with Crippen molar-refractivity contribution in [2.75, 3.05) is 13.1 Å².